The molecule has 0 aromatic heterocycles. The van der Waals surface area contributed by atoms with E-state index in [1.807, 2.05) is 0 Å². The zero-order valence-corrected chi connectivity index (χ0v) is 36.7. The molecule has 0 amide bonds. The van der Waals surface area contributed by atoms with Gasteiger partial charge in [0.1, 0.15) is 0 Å². The summed E-state index contributed by atoms with van der Waals surface area (Å²) < 4.78 is 0. The third kappa shape index (κ3) is 6.92. The van der Waals surface area contributed by atoms with E-state index in [-0.39, 0.29) is 5.41 Å². The maximum absolute atomic E-state index is 2.73. The van der Waals surface area contributed by atoms with Gasteiger partial charge in [0, 0.05) is 0 Å². The Bertz CT molecular complexity index is 2430. The van der Waals surface area contributed by atoms with Gasteiger partial charge in [0.15, 0.2) is 16.1 Å². The van der Waals surface area contributed by atoms with Gasteiger partial charge in [-0.15, -0.1) is 0 Å². The van der Waals surface area contributed by atoms with Crippen molar-refractivity contribution in [2.45, 2.75) is 26.2 Å². The molecule has 9 rings (SSSR count). The van der Waals surface area contributed by atoms with E-state index in [1.54, 1.807) is 0 Å². The van der Waals surface area contributed by atoms with Crippen LogP contribution in [0, 0.1) is 0 Å². The molecule has 0 N–H and O–H groups in total. The van der Waals surface area contributed by atoms with Crippen LogP contribution in [0.4, 0.5) is 0 Å². The van der Waals surface area contributed by atoms with Crippen LogP contribution >= 0.6 is 0 Å². The summed E-state index contributed by atoms with van der Waals surface area (Å²) in [6, 6.07) is 93.4. The van der Waals surface area contributed by atoms with Crippen molar-refractivity contribution in [3.8, 4) is 22.3 Å². The highest BCUT2D eigenvalue weighted by Crippen LogP contribution is 2.40. The molecule has 0 bridgehead atoms. The molecule has 0 unspecified atom stereocenters. The average molecular weight is 803 g/mol. The third-order valence-corrected chi connectivity index (χ3v) is 21.8. The van der Waals surface area contributed by atoms with E-state index in [9.17, 15) is 0 Å². The van der Waals surface area contributed by atoms with Crippen LogP contribution in [0.5, 0.6) is 0 Å². The van der Waals surface area contributed by atoms with Crippen LogP contribution in [-0.2, 0) is 5.41 Å². The Hall–Kier alpha value is -6.59. The summed E-state index contributed by atoms with van der Waals surface area (Å²) in [7, 11) is -5.45. The lowest BCUT2D eigenvalue weighted by molar-refractivity contribution is 0.593. The summed E-state index contributed by atoms with van der Waals surface area (Å²) in [5.74, 6) is 0. The summed E-state index contributed by atoms with van der Waals surface area (Å²) >= 11 is 0. The van der Waals surface area contributed by atoms with Crippen molar-refractivity contribution in [1.29, 1.82) is 0 Å². The molecule has 0 saturated carbocycles. The quantitative estimate of drug-likeness (QED) is 0.0957. The van der Waals surface area contributed by atoms with Crippen LogP contribution < -0.4 is 41.5 Å². The molecule has 0 spiro atoms. The average Bonchev–Trinajstić information content (AvgIpc) is 3.31. The third-order valence-electron chi connectivity index (χ3n) is 12.3. The number of benzene rings is 9. The van der Waals surface area contributed by atoms with Gasteiger partial charge in [0.25, 0.3) is 0 Å². The zero-order chi connectivity index (χ0) is 41.0. The van der Waals surface area contributed by atoms with E-state index in [0.717, 1.165) is 0 Å². The fraction of sp³-hybridized carbons (Fsp3) is 0.0690. The van der Waals surface area contributed by atoms with Gasteiger partial charge in [-0.3, -0.25) is 0 Å². The first-order valence-corrected chi connectivity index (χ1v) is 25.1. The van der Waals surface area contributed by atoms with Crippen LogP contribution in [0.2, 0.25) is 0 Å². The van der Waals surface area contributed by atoms with Crippen LogP contribution in [0.25, 0.3) is 22.3 Å². The van der Waals surface area contributed by atoms with Crippen molar-refractivity contribution < 1.29 is 0 Å². The van der Waals surface area contributed by atoms with Gasteiger partial charge in [-0.05, 0) is 74.7 Å². The standard InChI is InChI=1S/C58H50Si2/c1-58(2,3)57-55(45-25-22-39-53(43-45)59(47-27-10-4-11-28-47,48-29-12-5-13-30-48)49-31-14-6-15-32-49)41-24-42-56(57)46-26-23-40-54(44-46)60(50-33-16-7-17-34-50,51-35-18-8-19-36-51)52-37-20-9-21-38-52/h4-44H,1-3H3. The Morgan fingerprint density at radius 3 is 0.733 bits per heavy atom. The van der Waals surface area contributed by atoms with Gasteiger partial charge in [-0.1, -0.05) is 269 Å². The predicted molar refractivity (Wildman–Crippen MR) is 263 cm³/mol. The second-order valence-electron chi connectivity index (χ2n) is 16.8. The lowest BCUT2D eigenvalue weighted by atomic mass is 9.77. The fourth-order valence-corrected chi connectivity index (χ4v) is 19.4. The highest BCUT2D eigenvalue weighted by molar-refractivity contribution is 7.20. The molecule has 0 heterocycles. The summed E-state index contributed by atoms with van der Waals surface area (Å²) in [6.07, 6.45) is 0. The van der Waals surface area contributed by atoms with Crippen LogP contribution in [0.3, 0.4) is 0 Å². The van der Waals surface area contributed by atoms with Gasteiger partial charge in [0.05, 0.1) is 0 Å². The summed E-state index contributed by atoms with van der Waals surface area (Å²) in [5.41, 5.74) is 6.26. The lowest BCUT2D eigenvalue weighted by Gasteiger charge is -2.35. The number of rotatable bonds is 10. The molecule has 0 atom stereocenters. The van der Waals surface area contributed by atoms with Crippen molar-refractivity contribution in [2.24, 2.45) is 0 Å². The van der Waals surface area contributed by atoms with Crippen LogP contribution in [0.15, 0.2) is 249 Å². The van der Waals surface area contributed by atoms with Crippen molar-refractivity contribution in [1.82, 2.24) is 0 Å². The smallest absolute Gasteiger partial charge is 0.0623 e. The van der Waals surface area contributed by atoms with E-state index in [0.29, 0.717) is 0 Å². The SMILES string of the molecule is CC(C)(C)c1c(-c2cccc([Si](c3ccccc3)(c3ccccc3)c3ccccc3)c2)cccc1-c1cccc([Si](c2ccccc2)(c2ccccc2)c2ccccc2)c1. The Morgan fingerprint density at radius 1 is 0.250 bits per heavy atom. The minimum absolute atomic E-state index is 0.155. The largest absolute Gasteiger partial charge is 0.179 e. The Morgan fingerprint density at radius 2 is 0.483 bits per heavy atom. The lowest BCUT2D eigenvalue weighted by Crippen LogP contribution is -2.74. The molecule has 0 saturated heterocycles. The van der Waals surface area contributed by atoms with Crippen molar-refractivity contribution >= 4 is 57.6 Å². The number of hydrogen-bond donors (Lipinski definition) is 0. The number of hydrogen-bond acceptors (Lipinski definition) is 0. The Labute approximate surface area is 358 Å². The van der Waals surface area contributed by atoms with E-state index < -0.39 is 16.1 Å². The second-order valence-corrected chi connectivity index (χ2v) is 24.5. The monoisotopic (exact) mass is 802 g/mol. The van der Waals surface area contributed by atoms with E-state index in [1.165, 1.54) is 69.3 Å². The zero-order valence-electron chi connectivity index (χ0n) is 34.7. The topological polar surface area (TPSA) is 0 Å². The van der Waals surface area contributed by atoms with Gasteiger partial charge in [0.2, 0.25) is 0 Å². The minimum Gasteiger partial charge on any atom is -0.0623 e. The highest BCUT2D eigenvalue weighted by atomic mass is 28.3. The van der Waals surface area contributed by atoms with E-state index in [4.69, 9.17) is 0 Å². The molecule has 9 aromatic carbocycles. The molecule has 0 fully saturated rings. The maximum atomic E-state index is 2.52. The Balaban J connectivity index is 1.27. The molecule has 0 nitrogen and oxygen atoms in total. The first-order chi connectivity index (χ1) is 29.4. The molecule has 0 aliphatic rings. The molecule has 0 radical (unpaired) electrons. The van der Waals surface area contributed by atoms with Crippen LogP contribution in [-0.4, -0.2) is 16.1 Å². The fourth-order valence-electron chi connectivity index (χ4n) is 9.81. The van der Waals surface area contributed by atoms with Crippen LogP contribution in [0.1, 0.15) is 26.3 Å². The molecular weight excluding hydrogens is 753 g/mol. The molecular formula is C58H50Si2. The molecule has 9 aromatic rings. The van der Waals surface area contributed by atoms with Crippen molar-refractivity contribution in [2.75, 3.05) is 0 Å². The van der Waals surface area contributed by atoms with Crippen molar-refractivity contribution in [3.05, 3.63) is 254 Å². The highest BCUT2D eigenvalue weighted by Gasteiger charge is 2.43. The van der Waals surface area contributed by atoms with Gasteiger partial charge >= 0.3 is 0 Å². The molecule has 60 heavy (non-hydrogen) atoms. The normalized spacial score (nSPS) is 11.9. The molecule has 290 valence electrons. The predicted octanol–water partition coefficient (Wildman–Crippen LogP) is 9.07. The van der Waals surface area contributed by atoms with E-state index in [2.05, 4.69) is 269 Å². The van der Waals surface area contributed by atoms with E-state index >= 15 is 0 Å². The van der Waals surface area contributed by atoms with Gasteiger partial charge in [-0.25, -0.2) is 0 Å². The summed E-state index contributed by atoms with van der Waals surface area (Å²) in [4.78, 5) is 0. The summed E-state index contributed by atoms with van der Waals surface area (Å²) in [6.45, 7) is 7.12. The maximum Gasteiger partial charge on any atom is 0.179 e. The van der Waals surface area contributed by atoms with Crippen molar-refractivity contribution in [3.63, 3.8) is 0 Å². The second kappa shape index (κ2) is 16.6. The minimum atomic E-state index is -2.73. The molecule has 0 aliphatic heterocycles. The molecule has 2 heteroatoms. The Kier molecular flexibility index (Phi) is 10.8. The van der Waals surface area contributed by atoms with Gasteiger partial charge < -0.3 is 0 Å². The molecule has 0 aliphatic carbocycles. The van der Waals surface area contributed by atoms with Gasteiger partial charge in [-0.2, -0.15) is 0 Å². The first kappa shape index (κ1) is 38.9. The summed E-state index contributed by atoms with van der Waals surface area (Å²) in [5, 5.41) is 11.0. The first-order valence-electron chi connectivity index (χ1n) is 21.1.